The Balaban J connectivity index is 2.37. The Kier molecular flexibility index (Phi) is 4.04. The van der Waals surface area contributed by atoms with Gasteiger partial charge in [0.2, 0.25) is 0 Å². The minimum Gasteiger partial charge on any atom is -0.394 e. The minimum atomic E-state index is -0.962. The van der Waals surface area contributed by atoms with E-state index in [0.717, 1.165) is 17.3 Å². The van der Waals surface area contributed by atoms with E-state index in [1.807, 2.05) is 31.2 Å². The topological polar surface area (TPSA) is 32.3 Å². The fourth-order valence-corrected chi connectivity index (χ4v) is 2.12. The second-order valence-electron chi connectivity index (χ2n) is 5.14. The first-order valence-corrected chi connectivity index (χ1v) is 6.35. The predicted octanol–water partition coefficient (Wildman–Crippen LogP) is 3.59. The maximum atomic E-state index is 13.3. The number of halogens is 2. The second-order valence-corrected chi connectivity index (χ2v) is 5.14. The first-order chi connectivity index (χ1) is 9.43. The lowest BCUT2D eigenvalue weighted by Gasteiger charge is -2.30. The zero-order valence-electron chi connectivity index (χ0n) is 11.5. The molecule has 1 atom stereocenters. The van der Waals surface area contributed by atoms with Gasteiger partial charge >= 0.3 is 0 Å². The van der Waals surface area contributed by atoms with Crippen molar-refractivity contribution in [2.45, 2.75) is 19.4 Å². The van der Waals surface area contributed by atoms with Crippen LogP contribution >= 0.6 is 0 Å². The molecule has 2 aromatic rings. The van der Waals surface area contributed by atoms with Crippen LogP contribution in [0.3, 0.4) is 0 Å². The molecule has 0 saturated heterocycles. The van der Waals surface area contributed by atoms with Crippen LogP contribution < -0.4 is 5.32 Å². The maximum Gasteiger partial charge on any atom is 0.126 e. The molecule has 0 fully saturated rings. The van der Waals surface area contributed by atoms with Gasteiger partial charge in [0.25, 0.3) is 0 Å². The molecule has 20 heavy (non-hydrogen) atoms. The van der Waals surface area contributed by atoms with Gasteiger partial charge in [-0.05, 0) is 49.2 Å². The van der Waals surface area contributed by atoms with Crippen LogP contribution in [0.25, 0.3) is 0 Å². The first kappa shape index (κ1) is 14.5. The van der Waals surface area contributed by atoms with Crippen LogP contribution in [-0.2, 0) is 5.54 Å². The predicted molar refractivity (Wildman–Crippen MR) is 75.6 cm³/mol. The van der Waals surface area contributed by atoms with Crippen molar-refractivity contribution < 1.29 is 13.9 Å². The van der Waals surface area contributed by atoms with Gasteiger partial charge in [-0.25, -0.2) is 8.78 Å². The second kappa shape index (κ2) is 5.59. The van der Waals surface area contributed by atoms with Gasteiger partial charge in [0.1, 0.15) is 11.6 Å². The molecule has 1 unspecified atom stereocenters. The van der Waals surface area contributed by atoms with E-state index >= 15 is 0 Å². The molecule has 2 rings (SSSR count). The Morgan fingerprint density at radius 3 is 2.30 bits per heavy atom. The van der Waals surface area contributed by atoms with Crippen LogP contribution in [-0.4, -0.2) is 11.7 Å². The van der Waals surface area contributed by atoms with E-state index in [4.69, 9.17) is 0 Å². The maximum absolute atomic E-state index is 13.3. The number of nitrogens with one attached hydrogen (secondary N) is 1. The van der Waals surface area contributed by atoms with Crippen molar-refractivity contribution in [1.29, 1.82) is 0 Å². The molecule has 0 heterocycles. The standard InChI is InChI=1S/C16H17F2NO/c1-11-4-3-5-15(6-11)19-16(2,10-20)12-7-13(17)9-14(18)8-12/h3-9,19-20H,10H2,1-2H3. The normalized spacial score (nSPS) is 13.8. The van der Waals surface area contributed by atoms with Gasteiger partial charge in [0, 0.05) is 11.8 Å². The highest BCUT2D eigenvalue weighted by molar-refractivity contribution is 5.49. The number of aryl methyl sites for hydroxylation is 1. The van der Waals surface area contributed by atoms with Gasteiger partial charge in [0.15, 0.2) is 0 Å². The number of hydrogen-bond donors (Lipinski definition) is 2. The molecule has 0 aromatic heterocycles. The van der Waals surface area contributed by atoms with Gasteiger partial charge < -0.3 is 10.4 Å². The Morgan fingerprint density at radius 2 is 1.75 bits per heavy atom. The van der Waals surface area contributed by atoms with Gasteiger partial charge in [-0.2, -0.15) is 0 Å². The highest BCUT2D eigenvalue weighted by Gasteiger charge is 2.27. The zero-order valence-corrected chi connectivity index (χ0v) is 11.5. The molecule has 0 radical (unpaired) electrons. The lowest BCUT2D eigenvalue weighted by atomic mass is 9.92. The fourth-order valence-electron chi connectivity index (χ4n) is 2.12. The molecule has 0 spiro atoms. The molecule has 106 valence electrons. The minimum absolute atomic E-state index is 0.288. The molecule has 0 aliphatic rings. The van der Waals surface area contributed by atoms with Crippen LogP contribution in [0.2, 0.25) is 0 Å². The van der Waals surface area contributed by atoms with E-state index in [9.17, 15) is 13.9 Å². The Bertz CT molecular complexity index is 595. The summed E-state index contributed by atoms with van der Waals surface area (Å²) in [7, 11) is 0. The van der Waals surface area contributed by atoms with E-state index in [0.29, 0.717) is 5.56 Å². The molecule has 0 aliphatic heterocycles. The summed E-state index contributed by atoms with van der Waals surface area (Å²) >= 11 is 0. The van der Waals surface area contributed by atoms with E-state index in [1.165, 1.54) is 12.1 Å². The summed E-state index contributed by atoms with van der Waals surface area (Å²) in [4.78, 5) is 0. The largest absolute Gasteiger partial charge is 0.394 e. The fraction of sp³-hybridized carbons (Fsp3) is 0.250. The van der Waals surface area contributed by atoms with Crippen LogP contribution in [0.15, 0.2) is 42.5 Å². The van der Waals surface area contributed by atoms with E-state index in [2.05, 4.69) is 5.32 Å². The lowest BCUT2D eigenvalue weighted by Crippen LogP contribution is -2.36. The third-order valence-electron chi connectivity index (χ3n) is 3.25. The molecule has 0 saturated carbocycles. The first-order valence-electron chi connectivity index (χ1n) is 6.35. The molecule has 2 nitrogen and oxygen atoms in total. The summed E-state index contributed by atoms with van der Waals surface area (Å²) < 4.78 is 26.7. The third kappa shape index (κ3) is 3.14. The molecule has 4 heteroatoms. The van der Waals surface area contributed by atoms with E-state index in [-0.39, 0.29) is 6.61 Å². The van der Waals surface area contributed by atoms with Crippen LogP contribution in [0, 0.1) is 18.6 Å². The molecule has 2 N–H and O–H groups in total. The highest BCUT2D eigenvalue weighted by atomic mass is 19.1. The number of hydrogen-bond acceptors (Lipinski definition) is 2. The summed E-state index contributed by atoms with van der Waals surface area (Å²) in [5, 5.41) is 12.8. The van der Waals surface area contributed by atoms with Crippen molar-refractivity contribution in [3.05, 3.63) is 65.2 Å². The molecule has 2 aromatic carbocycles. The van der Waals surface area contributed by atoms with Gasteiger partial charge in [-0.3, -0.25) is 0 Å². The lowest BCUT2D eigenvalue weighted by molar-refractivity contribution is 0.223. The smallest absolute Gasteiger partial charge is 0.126 e. The van der Waals surface area contributed by atoms with Crippen molar-refractivity contribution in [1.82, 2.24) is 0 Å². The van der Waals surface area contributed by atoms with Gasteiger partial charge in [-0.1, -0.05) is 12.1 Å². The number of rotatable bonds is 4. The highest BCUT2D eigenvalue weighted by Crippen LogP contribution is 2.27. The number of aliphatic hydroxyl groups excluding tert-OH is 1. The van der Waals surface area contributed by atoms with Crippen LogP contribution in [0.4, 0.5) is 14.5 Å². The summed E-state index contributed by atoms with van der Waals surface area (Å²) in [5.41, 5.74) is 1.24. The Morgan fingerprint density at radius 1 is 1.10 bits per heavy atom. The number of aliphatic hydroxyl groups is 1. The monoisotopic (exact) mass is 277 g/mol. The molecule has 0 aliphatic carbocycles. The van der Waals surface area contributed by atoms with E-state index < -0.39 is 17.2 Å². The van der Waals surface area contributed by atoms with Crippen molar-refractivity contribution in [2.24, 2.45) is 0 Å². The quantitative estimate of drug-likeness (QED) is 0.895. The third-order valence-corrected chi connectivity index (χ3v) is 3.25. The molecule has 0 amide bonds. The molecule has 0 bridgehead atoms. The average molecular weight is 277 g/mol. The molecular formula is C16H17F2NO. The Hall–Kier alpha value is -1.94. The van der Waals surface area contributed by atoms with E-state index in [1.54, 1.807) is 6.92 Å². The number of anilines is 1. The Labute approximate surface area is 117 Å². The van der Waals surface area contributed by atoms with Gasteiger partial charge in [-0.15, -0.1) is 0 Å². The van der Waals surface area contributed by atoms with Crippen molar-refractivity contribution >= 4 is 5.69 Å². The van der Waals surface area contributed by atoms with Crippen LogP contribution in [0.5, 0.6) is 0 Å². The van der Waals surface area contributed by atoms with Crippen molar-refractivity contribution in [2.75, 3.05) is 11.9 Å². The van der Waals surface area contributed by atoms with Gasteiger partial charge in [0.05, 0.1) is 12.1 Å². The number of benzene rings is 2. The van der Waals surface area contributed by atoms with Crippen molar-refractivity contribution in [3.8, 4) is 0 Å². The molecular weight excluding hydrogens is 260 g/mol. The van der Waals surface area contributed by atoms with Crippen LogP contribution in [0.1, 0.15) is 18.1 Å². The summed E-state index contributed by atoms with van der Waals surface area (Å²) in [6.07, 6.45) is 0. The summed E-state index contributed by atoms with van der Waals surface area (Å²) in [5.74, 6) is -1.32. The zero-order chi connectivity index (χ0) is 14.8. The SMILES string of the molecule is Cc1cccc(NC(C)(CO)c2cc(F)cc(F)c2)c1. The average Bonchev–Trinajstić information content (AvgIpc) is 2.37. The summed E-state index contributed by atoms with van der Waals surface area (Å²) in [6.45, 7) is 3.36. The summed E-state index contributed by atoms with van der Waals surface area (Å²) in [6, 6.07) is 10.8. The van der Waals surface area contributed by atoms with Crippen molar-refractivity contribution in [3.63, 3.8) is 0 Å².